The highest BCUT2D eigenvalue weighted by atomic mass is 35.5. The van der Waals surface area contributed by atoms with Crippen LogP contribution in [0.4, 0.5) is 5.82 Å². The highest BCUT2D eigenvalue weighted by molar-refractivity contribution is 6.30. The summed E-state index contributed by atoms with van der Waals surface area (Å²) in [5.74, 6) is 0.00457. The lowest BCUT2D eigenvalue weighted by atomic mass is 9.92. The minimum Gasteiger partial charge on any atom is -0.378 e. The van der Waals surface area contributed by atoms with E-state index < -0.39 is 11.5 Å². The van der Waals surface area contributed by atoms with E-state index in [4.69, 9.17) is 17.3 Å². The van der Waals surface area contributed by atoms with Crippen LogP contribution in [0.3, 0.4) is 0 Å². The van der Waals surface area contributed by atoms with Crippen molar-refractivity contribution < 1.29 is 9.90 Å². The number of piperidine rings is 1. The second-order valence-corrected chi connectivity index (χ2v) is 4.69. The molecule has 0 radical (unpaired) electrons. The molecular formula is C11H14ClN3O2. The van der Waals surface area contributed by atoms with Gasteiger partial charge in [0, 0.05) is 12.7 Å². The van der Waals surface area contributed by atoms with Gasteiger partial charge in [-0.1, -0.05) is 11.6 Å². The van der Waals surface area contributed by atoms with Crippen LogP contribution in [-0.2, 0) is 4.79 Å². The van der Waals surface area contributed by atoms with Crippen LogP contribution >= 0.6 is 11.6 Å². The first-order valence-electron chi connectivity index (χ1n) is 5.40. The number of aliphatic hydroxyl groups is 1. The van der Waals surface area contributed by atoms with E-state index in [2.05, 4.69) is 4.98 Å². The Bertz CT molecular complexity index is 423. The van der Waals surface area contributed by atoms with Crippen LogP contribution in [0.5, 0.6) is 0 Å². The molecule has 0 spiro atoms. The maximum Gasteiger partial charge on any atom is 0.251 e. The SMILES string of the molecule is NC(=O)C1(O)CCCN(c2ccc(Cl)cn2)C1. The maximum absolute atomic E-state index is 11.2. The molecule has 2 heterocycles. The highest BCUT2D eigenvalue weighted by Gasteiger charge is 2.39. The van der Waals surface area contributed by atoms with E-state index in [-0.39, 0.29) is 6.54 Å². The number of carbonyl (C=O) groups is 1. The van der Waals surface area contributed by atoms with E-state index >= 15 is 0 Å². The molecule has 1 aromatic heterocycles. The van der Waals surface area contributed by atoms with Crippen molar-refractivity contribution in [2.75, 3.05) is 18.0 Å². The van der Waals surface area contributed by atoms with Crippen molar-refractivity contribution in [3.63, 3.8) is 0 Å². The Hall–Kier alpha value is -1.33. The zero-order valence-electron chi connectivity index (χ0n) is 9.27. The van der Waals surface area contributed by atoms with E-state index in [1.54, 1.807) is 12.1 Å². The Morgan fingerprint density at radius 2 is 2.35 bits per heavy atom. The fourth-order valence-electron chi connectivity index (χ4n) is 1.99. The molecule has 2 rings (SSSR count). The molecule has 3 N–H and O–H groups in total. The molecule has 1 aliphatic heterocycles. The monoisotopic (exact) mass is 255 g/mol. The number of rotatable bonds is 2. The molecule has 5 nitrogen and oxygen atoms in total. The van der Waals surface area contributed by atoms with E-state index in [1.807, 2.05) is 4.90 Å². The quantitative estimate of drug-likeness (QED) is 0.809. The van der Waals surface area contributed by atoms with Gasteiger partial charge in [0.15, 0.2) is 5.60 Å². The van der Waals surface area contributed by atoms with Gasteiger partial charge in [-0.15, -0.1) is 0 Å². The summed E-state index contributed by atoms with van der Waals surface area (Å²) in [7, 11) is 0. The molecule has 6 heteroatoms. The smallest absolute Gasteiger partial charge is 0.251 e. The van der Waals surface area contributed by atoms with Gasteiger partial charge < -0.3 is 15.7 Å². The number of primary amides is 1. The van der Waals surface area contributed by atoms with E-state index in [0.717, 1.165) is 6.54 Å². The van der Waals surface area contributed by atoms with Gasteiger partial charge in [-0.25, -0.2) is 4.98 Å². The lowest BCUT2D eigenvalue weighted by Gasteiger charge is -2.37. The minimum absolute atomic E-state index is 0.178. The van der Waals surface area contributed by atoms with E-state index in [1.165, 1.54) is 6.20 Å². The third-order valence-corrected chi connectivity index (χ3v) is 3.19. The molecule has 1 atom stereocenters. The third-order valence-electron chi connectivity index (χ3n) is 2.97. The molecule has 17 heavy (non-hydrogen) atoms. The van der Waals surface area contributed by atoms with Crippen LogP contribution < -0.4 is 10.6 Å². The number of carbonyl (C=O) groups excluding carboxylic acids is 1. The largest absolute Gasteiger partial charge is 0.378 e. The number of β-amino-alcohol motifs (C(OH)–C–C–N with tert-alkyl or cyclic N) is 1. The van der Waals surface area contributed by atoms with Gasteiger partial charge in [-0.2, -0.15) is 0 Å². The van der Waals surface area contributed by atoms with E-state index in [9.17, 15) is 9.90 Å². The molecule has 0 bridgehead atoms. The number of aromatic nitrogens is 1. The number of hydrogen-bond acceptors (Lipinski definition) is 4. The van der Waals surface area contributed by atoms with Crippen molar-refractivity contribution in [2.24, 2.45) is 5.73 Å². The lowest BCUT2D eigenvalue weighted by molar-refractivity contribution is -0.137. The number of amides is 1. The number of hydrogen-bond donors (Lipinski definition) is 2. The molecule has 1 aliphatic rings. The minimum atomic E-state index is -1.46. The van der Waals surface area contributed by atoms with Gasteiger partial charge >= 0.3 is 0 Å². The fraction of sp³-hybridized carbons (Fsp3) is 0.455. The molecule has 0 aliphatic carbocycles. The molecule has 1 fully saturated rings. The summed E-state index contributed by atoms with van der Waals surface area (Å²) in [5.41, 5.74) is 3.75. The number of nitrogens with zero attached hydrogens (tertiary/aromatic N) is 2. The Morgan fingerprint density at radius 3 is 2.94 bits per heavy atom. The molecule has 1 unspecified atom stereocenters. The van der Waals surface area contributed by atoms with Gasteiger partial charge in [-0.3, -0.25) is 4.79 Å². The summed E-state index contributed by atoms with van der Waals surface area (Å²) in [5, 5.41) is 10.6. The van der Waals surface area contributed by atoms with Crippen molar-refractivity contribution in [2.45, 2.75) is 18.4 Å². The summed E-state index contributed by atoms with van der Waals surface area (Å²) in [6.07, 6.45) is 2.63. The van der Waals surface area contributed by atoms with Crippen molar-refractivity contribution in [1.29, 1.82) is 0 Å². The third kappa shape index (κ3) is 2.50. The normalized spacial score (nSPS) is 24.7. The van der Waals surface area contributed by atoms with Crippen molar-refractivity contribution >= 4 is 23.3 Å². The summed E-state index contributed by atoms with van der Waals surface area (Å²) in [6.45, 7) is 0.918. The molecule has 1 saturated heterocycles. The number of pyridine rings is 1. The predicted molar refractivity (Wildman–Crippen MR) is 64.8 cm³/mol. The Labute approximate surface area is 104 Å². The lowest BCUT2D eigenvalue weighted by Crippen LogP contribution is -2.56. The van der Waals surface area contributed by atoms with Crippen LogP contribution in [0, 0.1) is 0 Å². The summed E-state index contributed by atoms with van der Waals surface area (Å²) < 4.78 is 0. The number of nitrogens with two attached hydrogens (primary N) is 1. The average molecular weight is 256 g/mol. The molecule has 1 amide bonds. The van der Waals surface area contributed by atoms with Crippen LogP contribution in [0.25, 0.3) is 0 Å². The van der Waals surface area contributed by atoms with Crippen LogP contribution in [-0.4, -0.2) is 34.7 Å². The van der Waals surface area contributed by atoms with Crippen molar-refractivity contribution in [3.05, 3.63) is 23.4 Å². The molecule has 0 aromatic carbocycles. The zero-order valence-corrected chi connectivity index (χ0v) is 10.0. The topological polar surface area (TPSA) is 79.5 Å². The summed E-state index contributed by atoms with van der Waals surface area (Å²) in [6, 6.07) is 3.48. The highest BCUT2D eigenvalue weighted by Crippen LogP contribution is 2.25. The van der Waals surface area contributed by atoms with Crippen LogP contribution in [0.15, 0.2) is 18.3 Å². The molecule has 0 saturated carbocycles. The predicted octanol–water partition coefficient (Wildman–Crippen LogP) is 0.552. The summed E-state index contributed by atoms with van der Waals surface area (Å²) in [4.78, 5) is 17.2. The first-order chi connectivity index (χ1) is 8.01. The number of halogens is 1. The van der Waals surface area contributed by atoms with Crippen LogP contribution in [0.1, 0.15) is 12.8 Å². The second-order valence-electron chi connectivity index (χ2n) is 4.26. The van der Waals surface area contributed by atoms with E-state index in [0.29, 0.717) is 23.7 Å². The molecule has 1 aromatic rings. The van der Waals surface area contributed by atoms with Crippen molar-refractivity contribution in [3.8, 4) is 0 Å². The van der Waals surface area contributed by atoms with Crippen molar-refractivity contribution in [1.82, 2.24) is 4.98 Å². The maximum atomic E-state index is 11.2. The first-order valence-corrected chi connectivity index (χ1v) is 5.78. The van der Waals surface area contributed by atoms with Crippen LogP contribution in [0.2, 0.25) is 5.02 Å². The summed E-state index contributed by atoms with van der Waals surface area (Å²) >= 11 is 5.75. The number of anilines is 1. The zero-order chi connectivity index (χ0) is 12.5. The second kappa shape index (κ2) is 4.50. The Balaban J connectivity index is 2.17. The standard InChI is InChI=1S/C11H14ClN3O2/c12-8-2-3-9(14-6-8)15-5-1-4-11(17,7-15)10(13)16/h2-3,6,17H,1,4-5,7H2,(H2,13,16). The van der Waals surface area contributed by atoms with Gasteiger partial charge in [-0.05, 0) is 25.0 Å². The Kier molecular flexibility index (Phi) is 3.22. The molecule has 92 valence electrons. The first kappa shape index (κ1) is 12.1. The molecular weight excluding hydrogens is 242 g/mol. The average Bonchev–Trinajstić information content (AvgIpc) is 2.30. The van der Waals surface area contributed by atoms with Gasteiger partial charge in [0.1, 0.15) is 5.82 Å². The fourth-order valence-corrected chi connectivity index (χ4v) is 2.10. The van der Waals surface area contributed by atoms with Gasteiger partial charge in [0.05, 0.1) is 11.6 Å². The Morgan fingerprint density at radius 1 is 1.59 bits per heavy atom. The van der Waals surface area contributed by atoms with Gasteiger partial charge in [0.25, 0.3) is 5.91 Å². The van der Waals surface area contributed by atoms with Gasteiger partial charge in [0.2, 0.25) is 0 Å².